The number of carbonyl (C=O) groups is 2. The maximum atomic E-state index is 12.1. The Balaban J connectivity index is 2.33. The van der Waals surface area contributed by atoms with E-state index in [2.05, 4.69) is 10.5 Å². The zero-order chi connectivity index (χ0) is 17.6. The van der Waals surface area contributed by atoms with E-state index in [9.17, 15) is 22.8 Å². The van der Waals surface area contributed by atoms with Crippen molar-refractivity contribution in [2.45, 2.75) is 52.0 Å². The zero-order valence-corrected chi connectivity index (χ0v) is 13.5. The number of hydrazone groups is 1. The topological polar surface area (TPSA) is 72.2 Å². The Bertz CT molecular complexity index is 456. The summed E-state index contributed by atoms with van der Waals surface area (Å²) in [5, 5.41) is 3.53. The summed E-state index contributed by atoms with van der Waals surface area (Å²) >= 11 is 0. The third-order valence-corrected chi connectivity index (χ3v) is 3.43. The lowest BCUT2D eigenvalue weighted by Crippen LogP contribution is -3.15. The molecule has 9 heteroatoms. The van der Waals surface area contributed by atoms with Crippen molar-refractivity contribution in [3.63, 3.8) is 0 Å². The highest BCUT2D eigenvalue weighted by Crippen LogP contribution is 2.17. The molecule has 0 spiro atoms. The number of carbonyl (C=O) groups excluding carboxylic acids is 2. The molecule has 0 aliphatic carbocycles. The Kier molecular flexibility index (Phi) is 7.14. The molecule has 132 valence electrons. The minimum atomic E-state index is -4.88. The average molecular weight is 338 g/mol. The van der Waals surface area contributed by atoms with E-state index >= 15 is 0 Å². The van der Waals surface area contributed by atoms with Crippen LogP contribution in [0.4, 0.5) is 13.2 Å². The molecule has 1 aliphatic heterocycles. The molecule has 1 amide bonds. The summed E-state index contributed by atoms with van der Waals surface area (Å²) in [5.41, 5.74) is 2.10. The van der Waals surface area contributed by atoms with Crippen LogP contribution < -0.4 is 10.3 Å². The van der Waals surface area contributed by atoms with Crippen molar-refractivity contribution in [3.8, 4) is 0 Å². The zero-order valence-electron chi connectivity index (χ0n) is 13.5. The number of rotatable bonds is 6. The van der Waals surface area contributed by atoms with Gasteiger partial charge in [0.25, 0.3) is 0 Å². The molecule has 6 nitrogen and oxygen atoms in total. The third-order valence-electron chi connectivity index (χ3n) is 3.43. The molecule has 1 heterocycles. The maximum absolute atomic E-state index is 12.1. The summed E-state index contributed by atoms with van der Waals surface area (Å²) in [5.74, 6) is -2.27. The highest BCUT2D eigenvalue weighted by Gasteiger charge is 2.38. The molecule has 0 radical (unpaired) electrons. The number of amides is 1. The van der Waals surface area contributed by atoms with E-state index in [0.29, 0.717) is 6.54 Å². The smallest absolute Gasteiger partial charge is 0.364 e. The van der Waals surface area contributed by atoms with Crippen LogP contribution in [-0.2, 0) is 14.3 Å². The summed E-state index contributed by atoms with van der Waals surface area (Å²) in [6.07, 6.45) is -5.27. The first-order chi connectivity index (χ1) is 10.6. The van der Waals surface area contributed by atoms with E-state index in [4.69, 9.17) is 4.74 Å². The van der Waals surface area contributed by atoms with Crippen LogP contribution in [0.15, 0.2) is 5.10 Å². The van der Waals surface area contributed by atoms with E-state index in [-0.39, 0.29) is 30.2 Å². The van der Waals surface area contributed by atoms with Gasteiger partial charge < -0.3 is 9.64 Å². The van der Waals surface area contributed by atoms with Gasteiger partial charge in [-0.05, 0) is 20.8 Å². The number of quaternary nitrogens is 1. The number of nitrogens with zero attached hydrogens (tertiary/aromatic N) is 1. The van der Waals surface area contributed by atoms with Gasteiger partial charge in [0.2, 0.25) is 11.7 Å². The molecule has 0 bridgehead atoms. The lowest BCUT2D eigenvalue weighted by Gasteiger charge is -2.32. The van der Waals surface area contributed by atoms with Crippen LogP contribution in [0.5, 0.6) is 0 Å². The van der Waals surface area contributed by atoms with Gasteiger partial charge >= 0.3 is 6.18 Å². The van der Waals surface area contributed by atoms with Crippen LogP contribution in [0.1, 0.15) is 33.6 Å². The Morgan fingerprint density at radius 3 is 2.35 bits per heavy atom. The van der Waals surface area contributed by atoms with Crippen molar-refractivity contribution in [3.05, 3.63) is 0 Å². The summed E-state index contributed by atoms with van der Waals surface area (Å²) in [7, 11) is 0. The van der Waals surface area contributed by atoms with E-state index in [0.717, 1.165) is 13.1 Å². The van der Waals surface area contributed by atoms with E-state index in [1.165, 1.54) is 11.8 Å². The predicted octanol–water partition coefficient (Wildman–Crippen LogP) is 0.0822. The average Bonchev–Trinajstić information content (AvgIpc) is 2.40. The molecule has 0 aromatic heterocycles. The van der Waals surface area contributed by atoms with E-state index < -0.39 is 18.4 Å². The van der Waals surface area contributed by atoms with Crippen molar-refractivity contribution in [1.29, 1.82) is 0 Å². The van der Waals surface area contributed by atoms with E-state index in [1.54, 1.807) is 0 Å². The monoisotopic (exact) mass is 338 g/mol. The molecule has 0 unspecified atom stereocenters. The number of ether oxygens (including phenoxy) is 1. The predicted molar refractivity (Wildman–Crippen MR) is 77.1 cm³/mol. The van der Waals surface area contributed by atoms with Crippen LogP contribution >= 0.6 is 0 Å². The summed E-state index contributed by atoms with van der Waals surface area (Å²) in [6, 6.07) is 0. The number of hydrogen-bond donors (Lipinski definition) is 2. The van der Waals surface area contributed by atoms with Gasteiger partial charge in [0, 0.05) is 5.71 Å². The fourth-order valence-corrected chi connectivity index (χ4v) is 2.47. The molecule has 0 saturated carbocycles. The van der Waals surface area contributed by atoms with Gasteiger partial charge in [-0.3, -0.25) is 9.59 Å². The molecule has 2 N–H and O–H groups in total. The van der Waals surface area contributed by atoms with Crippen molar-refractivity contribution in [2.24, 2.45) is 5.10 Å². The molecule has 1 saturated heterocycles. The minimum absolute atomic E-state index is 0.0818. The van der Waals surface area contributed by atoms with Gasteiger partial charge in [0.05, 0.1) is 19.4 Å². The van der Waals surface area contributed by atoms with Crippen molar-refractivity contribution < 1.29 is 32.4 Å². The Hall–Kier alpha value is -1.48. The summed E-state index contributed by atoms with van der Waals surface area (Å²) < 4.78 is 41.9. The van der Waals surface area contributed by atoms with Crippen molar-refractivity contribution in [2.75, 3.05) is 19.6 Å². The van der Waals surface area contributed by atoms with Crippen LogP contribution in [-0.4, -0.2) is 55.4 Å². The Labute approximate surface area is 133 Å². The Morgan fingerprint density at radius 2 is 1.83 bits per heavy atom. The number of Topliss-reactive ketones (excluding diaryl/α,β-unsaturated/α-hetero) is 1. The number of morpholine rings is 1. The minimum Gasteiger partial charge on any atom is -0.364 e. The third kappa shape index (κ3) is 7.56. The first-order valence-corrected chi connectivity index (χ1v) is 7.49. The summed E-state index contributed by atoms with van der Waals surface area (Å²) in [6.45, 7) is 7.42. The molecule has 1 aliphatic rings. The second kappa shape index (κ2) is 8.39. The quantitative estimate of drug-likeness (QED) is 0.532. The van der Waals surface area contributed by atoms with Crippen LogP contribution in [0.2, 0.25) is 0 Å². The molecular weight excluding hydrogens is 315 g/mol. The number of alkyl halides is 3. The highest BCUT2D eigenvalue weighted by atomic mass is 19.4. The van der Waals surface area contributed by atoms with Crippen LogP contribution in [0.3, 0.4) is 0 Å². The van der Waals surface area contributed by atoms with Gasteiger partial charge in [-0.2, -0.15) is 18.3 Å². The van der Waals surface area contributed by atoms with Gasteiger partial charge in [0.1, 0.15) is 25.3 Å². The normalized spacial score (nSPS) is 26.0. The van der Waals surface area contributed by atoms with E-state index in [1.807, 2.05) is 13.8 Å². The van der Waals surface area contributed by atoms with Gasteiger partial charge in [-0.25, -0.2) is 5.43 Å². The first-order valence-electron chi connectivity index (χ1n) is 7.49. The number of ketones is 1. The summed E-state index contributed by atoms with van der Waals surface area (Å²) in [4.78, 5) is 23.7. The standard InChI is InChI=1S/C14H22F3N3O3/c1-9(6-12(21)14(15,16)17)18-19-13(22)4-5-20-7-10(2)23-11(3)8-20/h10-11H,4-8H2,1-3H3,(H,19,22)/p+1/b18-9-/t10-,11-/m0/s1. The molecular formula is C14H23F3N3O3+. The molecule has 23 heavy (non-hydrogen) atoms. The lowest BCUT2D eigenvalue weighted by atomic mass is 10.2. The largest absolute Gasteiger partial charge is 0.450 e. The van der Waals surface area contributed by atoms with Gasteiger partial charge in [-0.1, -0.05) is 0 Å². The molecule has 2 atom stereocenters. The van der Waals surface area contributed by atoms with Crippen LogP contribution in [0, 0.1) is 0 Å². The number of halogens is 3. The second-order valence-electron chi connectivity index (χ2n) is 5.90. The van der Waals surface area contributed by atoms with Gasteiger partial charge in [-0.15, -0.1) is 0 Å². The molecule has 1 fully saturated rings. The maximum Gasteiger partial charge on any atom is 0.450 e. The molecule has 1 rings (SSSR count). The number of nitrogens with one attached hydrogen (secondary N) is 2. The fraction of sp³-hybridized carbons (Fsp3) is 0.786. The molecule has 0 aromatic carbocycles. The van der Waals surface area contributed by atoms with Crippen molar-refractivity contribution in [1.82, 2.24) is 5.43 Å². The molecule has 0 aromatic rings. The van der Waals surface area contributed by atoms with Crippen LogP contribution in [0.25, 0.3) is 0 Å². The number of hydrogen-bond acceptors (Lipinski definition) is 4. The first kappa shape index (κ1) is 19.6. The Morgan fingerprint density at radius 1 is 1.26 bits per heavy atom. The SMILES string of the molecule is C/C(CC(=O)C(F)(F)F)=N/NC(=O)CC[NH+]1C[C@H](C)O[C@@H](C)C1. The van der Waals surface area contributed by atoms with Crippen molar-refractivity contribution >= 4 is 17.4 Å². The second-order valence-corrected chi connectivity index (χ2v) is 5.90. The highest BCUT2D eigenvalue weighted by molar-refractivity contribution is 6.03. The lowest BCUT2D eigenvalue weighted by molar-refractivity contribution is -0.914. The van der Waals surface area contributed by atoms with Gasteiger partial charge in [0.15, 0.2) is 0 Å². The fourth-order valence-electron chi connectivity index (χ4n) is 2.47.